The van der Waals surface area contributed by atoms with E-state index in [1.165, 1.54) is 12.1 Å². The van der Waals surface area contributed by atoms with Crippen LogP contribution in [0.4, 0.5) is 10.1 Å². The van der Waals surface area contributed by atoms with Gasteiger partial charge in [0.1, 0.15) is 23.0 Å². The predicted octanol–water partition coefficient (Wildman–Crippen LogP) is 5.74. The van der Waals surface area contributed by atoms with Gasteiger partial charge in [0.2, 0.25) is 0 Å². The summed E-state index contributed by atoms with van der Waals surface area (Å²) < 4.78 is 19.8. The molecule has 0 aliphatic carbocycles. The molecular formula is C23H16BrFN2O4. The molecule has 6 nitrogen and oxygen atoms in total. The summed E-state index contributed by atoms with van der Waals surface area (Å²) >= 11 is 3.38. The monoisotopic (exact) mass is 482 g/mol. The van der Waals surface area contributed by atoms with Gasteiger partial charge in [-0.15, -0.1) is 0 Å². The lowest BCUT2D eigenvalue weighted by atomic mass is 10.1. The number of hydrogen-bond acceptors (Lipinski definition) is 3. The van der Waals surface area contributed by atoms with Gasteiger partial charge in [0.15, 0.2) is 0 Å². The van der Waals surface area contributed by atoms with Gasteiger partial charge in [-0.05, 0) is 82.2 Å². The summed E-state index contributed by atoms with van der Waals surface area (Å²) in [5.41, 5.74) is 2.23. The summed E-state index contributed by atoms with van der Waals surface area (Å²) in [5.74, 6) is -0.529. The number of rotatable bonds is 6. The molecule has 4 aromatic rings. The Morgan fingerprint density at radius 3 is 2.52 bits per heavy atom. The third-order valence-corrected chi connectivity index (χ3v) is 5.14. The average molecular weight is 483 g/mol. The van der Waals surface area contributed by atoms with Crippen LogP contribution in [0.5, 0.6) is 11.5 Å². The van der Waals surface area contributed by atoms with E-state index in [2.05, 4.69) is 26.2 Å². The number of halogens is 2. The van der Waals surface area contributed by atoms with Gasteiger partial charge in [-0.25, -0.2) is 4.39 Å². The van der Waals surface area contributed by atoms with Crippen LogP contribution in [-0.2, 0) is 11.2 Å². The minimum Gasteiger partial charge on any atom is -0.481 e. The molecule has 1 amide bonds. The normalized spacial score (nSPS) is 10.8. The first-order valence-electron chi connectivity index (χ1n) is 9.25. The number of H-pyrrole nitrogens is 1. The number of amides is 1. The molecule has 0 aliphatic rings. The maximum atomic E-state index is 13.3. The van der Waals surface area contributed by atoms with Crippen LogP contribution in [0, 0.1) is 5.82 Å². The van der Waals surface area contributed by atoms with E-state index in [0.29, 0.717) is 43.8 Å². The topological polar surface area (TPSA) is 91.4 Å². The van der Waals surface area contributed by atoms with E-state index >= 15 is 0 Å². The highest BCUT2D eigenvalue weighted by Crippen LogP contribution is 2.31. The highest BCUT2D eigenvalue weighted by Gasteiger charge is 2.11. The Labute approximate surface area is 184 Å². The third-order valence-electron chi connectivity index (χ3n) is 4.52. The van der Waals surface area contributed by atoms with Gasteiger partial charge < -0.3 is 20.1 Å². The summed E-state index contributed by atoms with van der Waals surface area (Å²) in [6.45, 7) is 0. The number of nitrogens with one attached hydrogen (secondary N) is 2. The van der Waals surface area contributed by atoms with E-state index in [9.17, 15) is 14.0 Å². The number of ether oxygens (including phenoxy) is 1. The van der Waals surface area contributed by atoms with Crippen molar-refractivity contribution in [3.63, 3.8) is 0 Å². The van der Waals surface area contributed by atoms with Crippen molar-refractivity contribution in [2.24, 2.45) is 0 Å². The molecule has 3 aromatic carbocycles. The Morgan fingerprint density at radius 1 is 1.03 bits per heavy atom. The molecule has 4 rings (SSSR count). The first-order valence-corrected chi connectivity index (χ1v) is 10.0. The molecule has 0 saturated heterocycles. The summed E-state index contributed by atoms with van der Waals surface area (Å²) in [6.07, 6.45) is -0.0708. The highest BCUT2D eigenvalue weighted by molar-refractivity contribution is 9.10. The van der Waals surface area contributed by atoms with Gasteiger partial charge in [0, 0.05) is 16.6 Å². The number of aromatic amines is 1. The van der Waals surface area contributed by atoms with E-state index in [1.54, 1.807) is 54.6 Å². The molecule has 0 fully saturated rings. The number of aliphatic carboxylic acids is 1. The molecule has 0 bridgehead atoms. The molecular weight excluding hydrogens is 467 g/mol. The van der Waals surface area contributed by atoms with Crippen molar-refractivity contribution in [3.8, 4) is 11.5 Å². The van der Waals surface area contributed by atoms with Crippen molar-refractivity contribution in [3.05, 3.63) is 88.3 Å². The van der Waals surface area contributed by atoms with Crippen LogP contribution in [0.15, 0.2) is 71.2 Å². The lowest BCUT2D eigenvalue weighted by molar-refractivity contribution is -0.136. The van der Waals surface area contributed by atoms with Crippen molar-refractivity contribution in [1.29, 1.82) is 0 Å². The number of hydrogen-bond donors (Lipinski definition) is 3. The quantitative estimate of drug-likeness (QED) is 0.326. The Balaban J connectivity index is 1.43. The number of carbonyl (C=O) groups excluding carboxylic acids is 1. The van der Waals surface area contributed by atoms with Crippen LogP contribution in [0.25, 0.3) is 10.9 Å². The molecule has 1 heterocycles. The van der Waals surface area contributed by atoms with Gasteiger partial charge in [0.05, 0.1) is 10.9 Å². The van der Waals surface area contributed by atoms with E-state index < -0.39 is 5.97 Å². The summed E-state index contributed by atoms with van der Waals surface area (Å²) in [5, 5.41) is 12.3. The van der Waals surface area contributed by atoms with Gasteiger partial charge in [-0.2, -0.15) is 0 Å². The van der Waals surface area contributed by atoms with Crippen LogP contribution in [0.2, 0.25) is 0 Å². The maximum absolute atomic E-state index is 13.3. The van der Waals surface area contributed by atoms with Crippen molar-refractivity contribution in [2.75, 3.05) is 5.32 Å². The summed E-state index contributed by atoms with van der Waals surface area (Å²) in [4.78, 5) is 26.3. The number of carbonyl (C=O) groups is 2. The van der Waals surface area contributed by atoms with E-state index in [1.807, 2.05) is 0 Å². The summed E-state index contributed by atoms with van der Waals surface area (Å²) in [6, 6.07) is 17.7. The second-order valence-electron chi connectivity index (χ2n) is 6.83. The fourth-order valence-electron chi connectivity index (χ4n) is 3.07. The first kappa shape index (κ1) is 20.6. The average Bonchev–Trinajstić information content (AvgIpc) is 3.14. The standard InChI is InChI=1S/C23H16BrFN2O4/c24-18-9-13(10-22(28)29)1-8-21(18)31-17-5-3-16(4-6-17)26-23(30)20-12-14-11-15(25)2-7-19(14)27-20/h1-9,11-12,27H,10H2,(H,26,30)(H,28,29). The molecule has 156 valence electrons. The number of benzene rings is 3. The van der Waals surface area contributed by atoms with Gasteiger partial charge >= 0.3 is 5.97 Å². The zero-order valence-electron chi connectivity index (χ0n) is 16.0. The van der Waals surface area contributed by atoms with Crippen molar-refractivity contribution >= 4 is 44.4 Å². The van der Waals surface area contributed by atoms with Crippen molar-refractivity contribution in [1.82, 2.24) is 4.98 Å². The number of carboxylic acids is 1. The molecule has 0 saturated carbocycles. The van der Waals surface area contributed by atoms with Crippen molar-refractivity contribution in [2.45, 2.75) is 6.42 Å². The minimum atomic E-state index is -0.905. The number of anilines is 1. The second-order valence-corrected chi connectivity index (χ2v) is 7.68. The molecule has 0 radical (unpaired) electrons. The molecule has 0 unspecified atom stereocenters. The van der Waals surface area contributed by atoms with E-state index in [4.69, 9.17) is 9.84 Å². The smallest absolute Gasteiger partial charge is 0.307 e. The molecule has 0 spiro atoms. The van der Waals surface area contributed by atoms with Crippen LogP contribution >= 0.6 is 15.9 Å². The number of carboxylic acid groups (broad SMARTS) is 1. The van der Waals surface area contributed by atoms with Crippen LogP contribution < -0.4 is 10.1 Å². The Hall–Kier alpha value is -3.65. The highest BCUT2D eigenvalue weighted by atomic mass is 79.9. The SMILES string of the molecule is O=C(O)Cc1ccc(Oc2ccc(NC(=O)c3cc4cc(F)ccc4[nH]3)cc2)c(Br)c1. The lowest BCUT2D eigenvalue weighted by Crippen LogP contribution is -2.12. The van der Waals surface area contributed by atoms with E-state index in [-0.39, 0.29) is 18.1 Å². The third kappa shape index (κ3) is 4.92. The van der Waals surface area contributed by atoms with Crippen molar-refractivity contribution < 1.29 is 23.8 Å². The van der Waals surface area contributed by atoms with Crippen LogP contribution in [0.1, 0.15) is 16.1 Å². The van der Waals surface area contributed by atoms with Gasteiger partial charge in [0.25, 0.3) is 5.91 Å². The zero-order chi connectivity index (χ0) is 22.0. The largest absolute Gasteiger partial charge is 0.481 e. The first-order chi connectivity index (χ1) is 14.9. The van der Waals surface area contributed by atoms with Crippen LogP contribution in [-0.4, -0.2) is 22.0 Å². The second kappa shape index (κ2) is 8.61. The minimum absolute atomic E-state index is 0.0708. The fraction of sp³-hybridized carbons (Fsp3) is 0.0435. The predicted molar refractivity (Wildman–Crippen MR) is 118 cm³/mol. The number of aromatic nitrogens is 1. The molecule has 31 heavy (non-hydrogen) atoms. The Kier molecular flexibility index (Phi) is 5.73. The maximum Gasteiger partial charge on any atom is 0.307 e. The van der Waals surface area contributed by atoms with E-state index in [0.717, 1.165) is 0 Å². The van der Waals surface area contributed by atoms with Gasteiger partial charge in [-0.3, -0.25) is 9.59 Å². The zero-order valence-corrected chi connectivity index (χ0v) is 17.6. The lowest BCUT2D eigenvalue weighted by Gasteiger charge is -2.10. The molecule has 8 heteroatoms. The van der Waals surface area contributed by atoms with Crippen LogP contribution in [0.3, 0.4) is 0 Å². The molecule has 1 aromatic heterocycles. The Morgan fingerprint density at radius 2 is 1.81 bits per heavy atom. The number of fused-ring (bicyclic) bond motifs is 1. The Bertz CT molecular complexity index is 1280. The van der Waals surface area contributed by atoms with Gasteiger partial charge in [-0.1, -0.05) is 6.07 Å². The fourth-order valence-corrected chi connectivity index (χ4v) is 3.58. The molecule has 0 aliphatic heterocycles. The molecule has 0 atom stereocenters. The summed E-state index contributed by atoms with van der Waals surface area (Å²) in [7, 11) is 0. The molecule has 3 N–H and O–H groups in total.